The highest BCUT2D eigenvalue weighted by Crippen LogP contribution is 2.12. The maximum Gasteiger partial charge on any atom is 0.337 e. The van der Waals surface area contributed by atoms with Crippen molar-refractivity contribution in [2.75, 3.05) is 12.9 Å². The predicted molar refractivity (Wildman–Crippen MR) is 55.5 cm³/mol. The summed E-state index contributed by atoms with van der Waals surface area (Å²) in [6, 6.07) is 5.69. The van der Waals surface area contributed by atoms with E-state index in [-0.39, 0.29) is 10.6 Å². The van der Waals surface area contributed by atoms with Crippen molar-refractivity contribution in [1.29, 1.82) is 0 Å². The van der Waals surface area contributed by atoms with Crippen LogP contribution in [0.2, 0.25) is 0 Å². The lowest BCUT2D eigenvalue weighted by atomic mass is 10.2. The topological polar surface area (TPSA) is 60.4 Å². The van der Waals surface area contributed by atoms with Crippen LogP contribution in [0.4, 0.5) is 0 Å². The van der Waals surface area contributed by atoms with Crippen LogP contribution in [0.1, 0.15) is 17.3 Å². The van der Waals surface area contributed by atoms with Gasteiger partial charge in [0, 0.05) is 0 Å². The molecule has 0 spiro atoms. The van der Waals surface area contributed by atoms with Gasteiger partial charge in [-0.2, -0.15) is 0 Å². The largest absolute Gasteiger partial charge is 0.465 e. The summed E-state index contributed by atoms with van der Waals surface area (Å²) in [5, 5.41) is 0. The molecule has 0 amide bonds. The Bertz CT molecular complexity index is 445. The highest BCUT2D eigenvalue weighted by atomic mass is 32.2. The number of rotatable bonds is 3. The van der Waals surface area contributed by atoms with Crippen LogP contribution in [0.15, 0.2) is 29.2 Å². The minimum atomic E-state index is -3.20. The molecule has 0 aliphatic carbocycles. The van der Waals surface area contributed by atoms with Crippen molar-refractivity contribution in [3.63, 3.8) is 0 Å². The minimum Gasteiger partial charge on any atom is -0.465 e. The maximum absolute atomic E-state index is 11.4. The van der Waals surface area contributed by atoms with Gasteiger partial charge in [0.1, 0.15) is 0 Å². The molecule has 5 heteroatoms. The van der Waals surface area contributed by atoms with Crippen LogP contribution >= 0.6 is 0 Å². The number of carbonyl (C=O) groups excluding carboxylic acids is 1. The minimum absolute atomic E-state index is 0.0462. The molecule has 0 heterocycles. The first-order valence-electron chi connectivity index (χ1n) is 4.42. The molecule has 0 aromatic heterocycles. The summed E-state index contributed by atoms with van der Waals surface area (Å²) in [6.45, 7) is 1.57. The Morgan fingerprint density at radius 1 is 1.27 bits per heavy atom. The molecule has 0 unspecified atom stereocenters. The fourth-order valence-corrected chi connectivity index (χ4v) is 1.97. The molecule has 0 fully saturated rings. The summed E-state index contributed by atoms with van der Waals surface area (Å²) < 4.78 is 27.4. The molecule has 0 aliphatic rings. The van der Waals surface area contributed by atoms with Gasteiger partial charge in [0.25, 0.3) is 0 Å². The first-order valence-corrected chi connectivity index (χ1v) is 6.07. The molecule has 1 rings (SSSR count). The Balaban J connectivity index is 3.06. The normalized spacial score (nSPS) is 11.1. The summed E-state index contributed by atoms with van der Waals surface area (Å²) in [6.07, 6.45) is 0. The van der Waals surface area contributed by atoms with E-state index in [0.717, 1.165) is 0 Å². The van der Waals surface area contributed by atoms with Crippen LogP contribution < -0.4 is 0 Å². The SMILES string of the molecule is CCS(=O)(=O)c1ccc(C(=O)OC)cc1. The average Bonchev–Trinajstić information content (AvgIpc) is 2.28. The molecule has 0 saturated heterocycles. The van der Waals surface area contributed by atoms with E-state index in [4.69, 9.17) is 0 Å². The molecule has 1 aromatic rings. The lowest BCUT2D eigenvalue weighted by molar-refractivity contribution is 0.0600. The quantitative estimate of drug-likeness (QED) is 0.731. The number of ether oxygens (including phenoxy) is 1. The number of hydrogen-bond acceptors (Lipinski definition) is 4. The summed E-state index contributed by atoms with van der Waals surface area (Å²) >= 11 is 0. The van der Waals surface area contributed by atoms with Gasteiger partial charge in [0.15, 0.2) is 9.84 Å². The number of methoxy groups -OCH3 is 1. The zero-order valence-electron chi connectivity index (χ0n) is 8.56. The first kappa shape index (κ1) is 11.7. The van der Waals surface area contributed by atoms with Crippen LogP contribution in [0.25, 0.3) is 0 Å². The van der Waals surface area contributed by atoms with Gasteiger partial charge in [-0.15, -0.1) is 0 Å². The van der Waals surface area contributed by atoms with Crippen molar-refractivity contribution in [2.24, 2.45) is 0 Å². The monoisotopic (exact) mass is 228 g/mol. The third-order valence-corrected chi connectivity index (χ3v) is 3.77. The highest BCUT2D eigenvalue weighted by Gasteiger charge is 2.12. The average molecular weight is 228 g/mol. The predicted octanol–water partition coefficient (Wildman–Crippen LogP) is 1.27. The maximum atomic E-state index is 11.4. The summed E-state index contributed by atoms with van der Waals surface area (Å²) in [7, 11) is -1.92. The summed E-state index contributed by atoms with van der Waals surface area (Å²) in [5.41, 5.74) is 0.340. The third kappa shape index (κ3) is 2.56. The van der Waals surface area contributed by atoms with Gasteiger partial charge in [-0.25, -0.2) is 13.2 Å². The van der Waals surface area contributed by atoms with E-state index in [0.29, 0.717) is 5.56 Å². The smallest absolute Gasteiger partial charge is 0.337 e. The number of hydrogen-bond donors (Lipinski definition) is 0. The van der Waals surface area contributed by atoms with Crippen LogP contribution in [0.5, 0.6) is 0 Å². The summed E-state index contributed by atoms with van der Waals surface area (Å²) in [5.74, 6) is -0.430. The van der Waals surface area contributed by atoms with Crippen molar-refractivity contribution in [2.45, 2.75) is 11.8 Å². The van der Waals surface area contributed by atoms with Gasteiger partial charge < -0.3 is 4.74 Å². The highest BCUT2D eigenvalue weighted by molar-refractivity contribution is 7.91. The molecule has 0 aliphatic heterocycles. The van der Waals surface area contributed by atoms with Crippen LogP contribution in [-0.2, 0) is 14.6 Å². The van der Waals surface area contributed by atoms with E-state index in [1.165, 1.54) is 31.4 Å². The van der Waals surface area contributed by atoms with E-state index in [1.54, 1.807) is 6.92 Å². The second-order valence-electron chi connectivity index (χ2n) is 2.92. The Labute approximate surface area is 88.8 Å². The Hall–Kier alpha value is -1.36. The molecule has 15 heavy (non-hydrogen) atoms. The fourth-order valence-electron chi connectivity index (χ4n) is 1.08. The van der Waals surface area contributed by atoms with Crippen LogP contribution in [0.3, 0.4) is 0 Å². The standard InChI is InChI=1S/C10H12O4S/c1-3-15(12,13)9-6-4-8(5-7-9)10(11)14-2/h4-7H,3H2,1-2H3. The molecule has 0 N–H and O–H groups in total. The Kier molecular flexibility index (Phi) is 3.47. The van der Waals surface area contributed by atoms with Gasteiger partial charge in [-0.05, 0) is 24.3 Å². The molecule has 4 nitrogen and oxygen atoms in total. The molecule has 0 bridgehead atoms. The van der Waals surface area contributed by atoms with Crippen molar-refractivity contribution < 1.29 is 17.9 Å². The van der Waals surface area contributed by atoms with Gasteiger partial charge in [0.05, 0.1) is 23.3 Å². The second-order valence-corrected chi connectivity index (χ2v) is 5.20. The third-order valence-electron chi connectivity index (χ3n) is 2.01. The van der Waals surface area contributed by atoms with Gasteiger partial charge in [0.2, 0.25) is 0 Å². The zero-order valence-corrected chi connectivity index (χ0v) is 9.37. The molecule has 1 aromatic carbocycles. The first-order chi connectivity index (χ1) is 7.01. The van der Waals surface area contributed by atoms with Crippen molar-refractivity contribution in [3.8, 4) is 0 Å². The van der Waals surface area contributed by atoms with Crippen molar-refractivity contribution in [1.82, 2.24) is 0 Å². The van der Waals surface area contributed by atoms with E-state index in [1.807, 2.05) is 0 Å². The van der Waals surface area contributed by atoms with Gasteiger partial charge >= 0.3 is 5.97 Å². The Morgan fingerprint density at radius 3 is 2.20 bits per heavy atom. The Morgan fingerprint density at radius 2 is 1.80 bits per heavy atom. The van der Waals surface area contributed by atoms with Gasteiger partial charge in [-0.3, -0.25) is 0 Å². The van der Waals surface area contributed by atoms with E-state index in [9.17, 15) is 13.2 Å². The lowest BCUT2D eigenvalue weighted by Gasteiger charge is -2.02. The van der Waals surface area contributed by atoms with E-state index >= 15 is 0 Å². The number of carbonyl (C=O) groups is 1. The molecule has 82 valence electrons. The lowest BCUT2D eigenvalue weighted by Crippen LogP contribution is -2.05. The molecule has 0 saturated carbocycles. The summed E-state index contributed by atoms with van der Waals surface area (Å²) in [4.78, 5) is 11.3. The van der Waals surface area contributed by atoms with Crippen molar-refractivity contribution >= 4 is 15.8 Å². The molecular weight excluding hydrogens is 216 g/mol. The number of benzene rings is 1. The fraction of sp³-hybridized carbons (Fsp3) is 0.300. The number of esters is 1. The molecule has 0 radical (unpaired) electrons. The van der Waals surface area contributed by atoms with E-state index in [2.05, 4.69) is 4.74 Å². The van der Waals surface area contributed by atoms with Crippen molar-refractivity contribution in [3.05, 3.63) is 29.8 Å². The van der Waals surface area contributed by atoms with E-state index < -0.39 is 15.8 Å². The molecular formula is C10H12O4S. The number of sulfone groups is 1. The zero-order chi connectivity index (χ0) is 11.5. The van der Waals surface area contributed by atoms with Crippen LogP contribution in [-0.4, -0.2) is 27.2 Å². The van der Waals surface area contributed by atoms with Crippen LogP contribution in [0, 0.1) is 0 Å². The second kappa shape index (κ2) is 4.44. The molecule has 0 atom stereocenters. The van der Waals surface area contributed by atoms with Gasteiger partial charge in [-0.1, -0.05) is 6.92 Å².